The summed E-state index contributed by atoms with van der Waals surface area (Å²) in [5, 5.41) is 15.4. The Kier molecular flexibility index (Phi) is 4.73. The normalized spacial score (nSPS) is 20.6. The molecule has 2 unspecified atom stereocenters. The van der Waals surface area contributed by atoms with E-state index in [4.69, 9.17) is 0 Å². The third kappa shape index (κ3) is 3.55. The quantitative estimate of drug-likeness (QED) is 0.709. The van der Waals surface area contributed by atoms with Crippen molar-refractivity contribution in [3.05, 3.63) is 35.9 Å². The van der Waals surface area contributed by atoms with Gasteiger partial charge in [-0.05, 0) is 31.4 Å². The highest BCUT2D eigenvalue weighted by Crippen LogP contribution is 2.07. The summed E-state index contributed by atoms with van der Waals surface area (Å²) in [6, 6.07) is 9.59. The van der Waals surface area contributed by atoms with Gasteiger partial charge in [-0.15, -0.1) is 0 Å². The lowest BCUT2D eigenvalue weighted by Crippen LogP contribution is -2.47. The lowest BCUT2D eigenvalue weighted by atomic mass is 10.1. The molecule has 0 saturated carbocycles. The van der Waals surface area contributed by atoms with E-state index < -0.39 is 0 Å². The zero-order valence-corrected chi connectivity index (χ0v) is 10.4. The van der Waals surface area contributed by atoms with E-state index in [1.165, 1.54) is 0 Å². The van der Waals surface area contributed by atoms with Crippen molar-refractivity contribution in [3.8, 4) is 0 Å². The molecule has 1 fully saturated rings. The summed E-state index contributed by atoms with van der Waals surface area (Å²) in [5.41, 5.74) is 1.12. The summed E-state index contributed by atoms with van der Waals surface area (Å²) >= 11 is 0. The number of hydrogen-bond acceptors (Lipinski definition) is 3. The lowest BCUT2D eigenvalue weighted by Gasteiger charge is -2.19. The highest BCUT2D eigenvalue weighted by molar-refractivity contribution is 5.82. The Hall–Kier alpha value is -1.39. The smallest absolute Gasteiger partial charge is 0.237 e. The van der Waals surface area contributed by atoms with Crippen molar-refractivity contribution in [1.29, 1.82) is 0 Å². The van der Waals surface area contributed by atoms with Crippen molar-refractivity contribution in [3.63, 3.8) is 0 Å². The van der Waals surface area contributed by atoms with Gasteiger partial charge in [0.2, 0.25) is 5.91 Å². The summed E-state index contributed by atoms with van der Waals surface area (Å²) in [6.07, 6.45) is 2.59. The van der Waals surface area contributed by atoms with Crippen molar-refractivity contribution < 1.29 is 9.90 Å². The average Bonchev–Trinajstić information content (AvgIpc) is 2.93. The van der Waals surface area contributed by atoms with E-state index >= 15 is 0 Å². The number of carbonyl (C=O) groups excluding carboxylic acids is 1. The molecule has 0 aliphatic carbocycles. The molecule has 0 bridgehead atoms. The average molecular weight is 248 g/mol. The molecule has 1 aliphatic heterocycles. The summed E-state index contributed by atoms with van der Waals surface area (Å²) < 4.78 is 0. The number of nitrogens with one attached hydrogen (secondary N) is 2. The van der Waals surface area contributed by atoms with E-state index in [-0.39, 0.29) is 24.6 Å². The maximum Gasteiger partial charge on any atom is 0.237 e. The Morgan fingerprint density at radius 2 is 2.22 bits per heavy atom. The molecule has 1 aromatic rings. The monoisotopic (exact) mass is 248 g/mol. The van der Waals surface area contributed by atoms with Crippen LogP contribution in [0.25, 0.3) is 0 Å². The van der Waals surface area contributed by atoms with E-state index in [2.05, 4.69) is 10.6 Å². The molecule has 2 atom stereocenters. The van der Waals surface area contributed by atoms with Crippen LogP contribution >= 0.6 is 0 Å². The number of amides is 1. The van der Waals surface area contributed by atoms with Crippen molar-refractivity contribution in [2.75, 3.05) is 13.2 Å². The van der Waals surface area contributed by atoms with Gasteiger partial charge in [-0.3, -0.25) is 4.79 Å². The number of rotatable bonds is 5. The molecule has 4 nitrogen and oxygen atoms in total. The molecule has 98 valence electrons. The van der Waals surface area contributed by atoms with Gasteiger partial charge in [0.15, 0.2) is 0 Å². The Bertz CT molecular complexity index is 375. The van der Waals surface area contributed by atoms with Gasteiger partial charge in [-0.2, -0.15) is 0 Å². The van der Waals surface area contributed by atoms with Gasteiger partial charge in [0.1, 0.15) is 0 Å². The molecule has 1 aromatic carbocycles. The van der Waals surface area contributed by atoms with E-state index in [1.807, 2.05) is 30.3 Å². The van der Waals surface area contributed by atoms with Crippen molar-refractivity contribution >= 4 is 5.91 Å². The standard InChI is InChI=1S/C14H20N2O2/c17-10-12(9-11-5-2-1-3-6-11)16-14(18)13-7-4-8-15-13/h1-3,5-6,12-13,15,17H,4,7-10H2,(H,16,18). The lowest BCUT2D eigenvalue weighted by molar-refractivity contribution is -0.123. The maximum absolute atomic E-state index is 11.9. The second kappa shape index (κ2) is 6.52. The first-order chi connectivity index (χ1) is 8.79. The minimum Gasteiger partial charge on any atom is -0.394 e. The molecule has 0 spiro atoms. The fourth-order valence-corrected chi connectivity index (χ4v) is 2.27. The summed E-state index contributed by atoms with van der Waals surface area (Å²) in [4.78, 5) is 11.9. The van der Waals surface area contributed by atoms with Crippen LogP contribution in [-0.4, -0.2) is 36.2 Å². The Balaban J connectivity index is 1.87. The van der Waals surface area contributed by atoms with E-state index in [9.17, 15) is 9.90 Å². The van der Waals surface area contributed by atoms with Gasteiger partial charge in [0.25, 0.3) is 0 Å². The maximum atomic E-state index is 11.9. The summed E-state index contributed by atoms with van der Waals surface area (Å²) in [5.74, 6) is 0.00230. The fourth-order valence-electron chi connectivity index (χ4n) is 2.27. The molecule has 3 N–H and O–H groups in total. The molecule has 18 heavy (non-hydrogen) atoms. The fraction of sp³-hybridized carbons (Fsp3) is 0.500. The van der Waals surface area contributed by atoms with Crippen LogP contribution in [0.3, 0.4) is 0 Å². The molecule has 1 heterocycles. The van der Waals surface area contributed by atoms with Crippen molar-refractivity contribution in [1.82, 2.24) is 10.6 Å². The highest BCUT2D eigenvalue weighted by Gasteiger charge is 2.23. The predicted molar refractivity (Wildman–Crippen MR) is 70.2 cm³/mol. The van der Waals surface area contributed by atoms with Crippen LogP contribution in [0.2, 0.25) is 0 Å². The Labute approximate surface area is 107 Å². The second-order valence-corrected chi connectivity index (χ2v) is 4.73. The topological polar surface area (TPSA) is 61.4 Å². The molecule has 2 rings (SSSR count). The Morgan fingerprint density at radius 1 is 1.44 bits per heavy atom. The van der Waals surface area contributed by atoms with Crippen LogP contribution in [0.15, 0.2) is 30.3 Å². The van der Waals surface area contributed by atoms with Gasteiger partial charge in [0, 0.05) is 0 Å². The van der Waals surface area contributed by atoms with Crippen LogP contribution in [0.1, 0.15) is 18.4 Å². The zero-order chi connectivity index (χ0) is 12.8. The minimum absolute atomic E-state index is 0.00230. The minimum atomic E-state index is -0.206. The Morgan fingerprint density at radius 3 is 2.83 bits per heavy atom. The van der Waals surface area contributed by atoms with Crippen molar-refractivity contribution in [2.45, 2.75) is 31.3 Å². The van der Waals surface area contributed by atoms with E-state index in [0.29, 0.717) is 6.42 Å². The molecule has 1 saturated heterocycles. The third-order valence-electron chi connectivity index (χ3n) is 3.27. The van der Waals surface area contributed by atoms with Gasteiger partial charge < -0.3 is 15.7 Å². The number of benzene rings is 1. The van der Waals surface area contributed by atoms with E-state index in [0.717, 1.165) is 24.9 Å². The van der Waals surface area contributed by atoms with Gasteiger partial charge in [0.05, 0.1) is 18.7 Å². The van der Waals surface area contributed by atoms with Gasteiger partial charge >= 0.3 is 0 Å². The predicted octanol–water partition coefficient (Wildman–Crippen LogP) is 0.458. The largest absolute Gasteiger partial charge is 0.394 e. The van der Waals surface area contributed by atoms with Crippen LogP contribution in [0.5, 0.6) is 0 Å². The molecule has 4 heteroatoms. The zero-order valence-electron chi connectivity index (χ0n) is 10.4. The number of carbonyl (C=O) groups is 1. The number of aliphatic hydroxyl groups is 1. The van der Waals surface area contributed by atoms with Crippen LogP contribution in [0, 0.1) is 0 Å². The third-order valence-corrected chi connectivity index (χ3v) is 3.27. The number of aliphatic hydroxyl groups excluding tert-OH is 1. The molecule has 0 aromatic heterocycles. The summed E-state index contributed by atoms with van der Waals surface area (Å²) in [6.45, 7) is 0.869. The molecule has 0 radical (unpaired) electrons. The van der Waals surface area contributed by atoms with Crippen LogP contribution in [0.4, 0.5) is 0 Å². The second-order valence-electron chi connectivity index (χ2n) is 4.73. The van der Waals surface area contributed by atoms with Gasteiger partial charge in [-0.25, -0.2) is 0 Å². The van der Waals surface area contributed by atoms with Crippen molar-refractivity contribution in [2.24, 2.45) is 0 Å². The molecule has 1 aliphatic rings. The molecular formula is C14H20N2O2. The first-order valence-corrected chi connectivity index (χ1v) is 6.48. The number of hydrogen-bond donors (Lipinski definition) is 3. The van der Waals surface area contributed by atoms with Gasteiger partial charge in [-0.1, -0.05) is 30.3 Å². The van der Waals surface area contributed by atoms with E-state index in [1.54, 1.807) is 0 Å². The van der Waals surface area contributed by atoms with Crippen LogP contribution < -0.4 is 10.6 Å². The van der Waals surface area contributed by atoms with Crippen LogP contribution in [-0.2, 0) is 11.2 Å². The molecule has 1 amide bonds. The first kappa shape index (κ1) is 13.1. The summed E-state index contributed by atoms with van der Waals surface area (Å²) in [7, 11) is 0. The molecular weight excluding hydrogens is 228 g/mol. The first-order valence-electron chi connectivity index (χ1n) is 6.48. The SMILES string of the molecule is O=C(NC(CO)Cc1ccccc1)C1CCCN1. The highest BCUT2D eigenvalue weighted by atomic mass is 16.3.